The molecular formula is C19H26N4O2S. The summed E-state index contributed by atoms with van der Waals surface area (Å²) >= 11 is 0. The van der Waals surface area contributed by atoms with Crippen LogP contribution in [0.1, 0.15) is 32.8 Å². The zero-order chi connectivity index (χ0) is 18.9. The van der Waals surface area contributed by atoms with Crippen molar-refractivity contribution in [2.75, 3.05) is 28.8 Å². The van der Waals surface area contributed by atoms with Gasteiger partial charge in [0.05, 0.1) is 11.5 Å². The molecule has 1 fully saturated rings. The summed E-state index contributed by atoms with van der Waals surface area (Å²) in [7, 11) is -1.04. The van der Waals surface area contributed by atoms with Crippen molar-refractivity contribution in [2.45, 2.75) is 38.6 Å². The van der Waals surface area contributed by atoms with Gasteiger partial charge in [-0.15, -0.1) is 0 Å². The van der Waals surface area contributed by atoms with Crippen molar-refractivity contribution in [1.29, 1.82) is 0 Å². The second-order valence-corrected chi connectivity index (χ2v) is 10.1. The fourth-order valence-electron chi connectivity index (χ4n) is 3.06. The number of nitrogens with zero attached hydrogens (tertiary/aromatic N) is 3. The first-order chi connectivity index (χ1) is 12.1. The third-order valence-electron chi connectivity index (χ3n) is 4.77. The van der Waals surface area contributed by atoms with Crippen molar-refractivity contribution in [3.8, 4) is 0 Å². The quantitative estimate of drug-likeness (QED) is 0.886. The van der Waals surface area contributed by atoms with Gasteiger partial charge in [-0.3, -0.25) is 0 Å². The van der Waals surface area contributed by atoms with E-state index in [1.54, 1.807) is 12.3 Å². The second kappa shape index (κ2) is 6.87. The molecule has 0 amide bonds. The first-order valence-electron chi connectivity index (χ1n) is 8.78. The van der Waals surface area contributed by atoms with Gasteiger partial charge in [-0.25, -0.2) is 13.4 Å². The topological polar surface area (TPSA) is 75.2 Å². The van der Waals surface area contributed by atoms with Crippen LogP contribution in [0.15, 0.2) is 36.5 Å². The summed E-state index contributed by atoms with van der Waals surface area (Å²) in [5, 5.41) is 3.22. The summed E-state index contributed by atoms with van der Waals surface area (Å²) in [6.45, 7) is 6.54. The maximum absolute atomic E-state index is 11.7. The van der Waals surface area contributed by atoms with Crippen LogP contribution in [0.25, 0.3) is 0 Å². The molecule has 3 rings (SSSR count). The molecule has 2 aromatic rings. The van der Waals surface area contributed by atoms with E-state index >= 15 is 0 Å². The van der Waals surface area contributed by atoms with E-state index in [0.29, 0.717) is 12.4 Å². The zero-order valence-corrected chi connectivity index (χ0v) is 16.5. The number of nitrogens with one attached hydrogen (secondary N) is 1. The maximum atomic E-state index is 11.7. The first kappa shape index (κ1) is 18.6. The van der Waals surface area contributed by atoms with Crippen molar-refractivity contribution in [3.05, 3.63) is 42.1 Å². The molecule has 7 heteroatoms. The molecule has 140 valence electrons. The smallest absolute Gasteiger partial charge is 0.229 e. The lowest BCUT2D eigenvalue weighted by molar-refractivity contribution is 0.590. The zero-order valence-electron chi connectivity index (χ0n) is 15.7. The molecule has 6 nitrogen and oxygen atoms in total. The van der Waals surface area contributed by atoms with E-state index in [2.05, 4.69) is 48.2 Å². The number of hydrogen-bond acceptors (Lipinski definition) is 6. The lowest BCUT2D eigenvalue weighted by Gasteiger charge is -2.24. The highest BCUT2D eigenvalue weighted by atomic mass is 32.2. The molecule has 0 saturated carbocycles. The van der Waals surface area contributed by atoms with Crippen LogP contribution >= 0.6 is 0 Å². The standard InChI is InChI=1S/C19H26N4O2S/c1-19(2,3)14-5-7-15(8-6-14)21-18-20-11-9-17(22-18)23(4)16-10-12-26(24,25)13-16/h5-9,11,16H,10,12-13H2,1-4H3,(H,20,21,22). The normalized spacial score (nSPS) is 19.3. The van der Waals surface area contributed by atoms with Crippen molar-refractivity contribution in [2.24, 2.45) is 0 Å². The number of anilines is 3. The van der Waals surface area contributed by atoms with Gasteiger partial charge in [-0.05, 0) is 35.6 Å². The minimum Gasteiger partial charge on any atom is -0.355 e. The monoisotopic (exact) mass is 374 g/mol. The van der Waals surface area contributed by atoms with Gasteiger partial charge < -0.3 is 10.2 Å². The molecule has 1 aliphatic rings. The number of benzene rings is 1. The Morgan fingerprint density at radius 3 is 2.42 bits per heavy atom. The van der Waals surface area contributed by atoms with Gasteiger partial charge >= 0.3 is 0 Å². The molecule has 26 heavy (non-hydrogen) atoms. The molecule has 2 heterocycles. The van der Waals surface area contributed by atoms with Crippen LogP contribution in [0.2, 0.25) is 0 Å². The van der Waals surface area contributed by atoms with Crippen LogP contribution in [-0.4, -0.2) is 43.0 Å². The van der Waals surface area contributed by atoms with E-state index < -0.39 is 9.84 Å². The first-order valence-corrected chi connectivity index (χ1v) is 10.6. The molecule has 0 spiro atoms. The van der Waals surface area contributed by atoms with Gasteiger partial charge in [0.2, 0.25) is 5.95 Å². The summed E-state index contributed by atoms with van der Waals surface area (Å²) in [5.74, 6) is 1.65. The van der Waals surface area contributed by atoms with Crippen molar-refractivity contribution < 1.29 is 8.42 Å². The van der Waals surface area contributed by atoms with Crippen LogP contribution < -0.4 is 10.2 Å². The van der Waals surface area contributed by atoms with Gasteiger partial charge in [0.25, 0.3) is 0 Å². The minimum absolute atomic E-state index is 0.0335. The van der Waals surface area contributed by atoms with E-state index in [-0.39, 0.29) is 23.0 Å². The van der Waals surface area contributed by atoms with Crippen LogP contribution in [0.4, 0.5) is 17.5 Å². The summed E-state index contributed by atoms with van der Waals surface area (Å²) in [6.07, 6.45) is 2.33. The van der Waals surface area contributed by atoms with Gasteiger partial charge in [-0.2, -0.15) is 4.98 Å². The van der Waals surface area contributed by atoms with Crippen molar-refractivity contribution in [3.63, 3.8) is 0 Å². The fraction of sp³-hybridized carbons (Fsp3) is 0.474. The van der Waals surface area contributed by atoms with Gasteiger partial charge in [0.1, 0.15) is 5.82 Å². The number of aromatic nitrogens is 2. The Morgan fingerprint density at radius 2 is 1.85 bits per heavy atom. The Balaban J connectivity index is 1.73. The molecule has 1 aliphatic heterocycles. The van der Waals surface area contributed by atoms with Crippen molar-refractivity contribution in [1.82, 2.24) is 9.97 Å². The maximum Gasteiger partial charge on any atom is 0.229 e. The Morgan fingerprint density at radius 1 is 1.15 bits per heavy atom. The minimum atomic E-state index is -2.92. The van der Waals surface area contributed by atoms with E-state index in [9.17, 15) is 8.42 Å². The highest BCUT2D eigenvalue weighted by molar-refractivity contribution is 7.91. The van der Waals surface area contributed by atoms with E-state index in [1.165, 1.54) is 5.56 Å². The molecular weight excluding hydrogens is 348 g/mol. The molecule has 1 aromatic carbocycles. The summed E-state index contributed by atoms with van der Waals surface area (Å²) in [6, 6.07) is 10.0. The number of rotatable bonds is 4. The number of sulfone groups is 1. The largest absolute Gasteiger partial charge is 0.355 e. The van der Waals surface area contributed by atoms with Gasteiger partial charge in [0, 0.05) is 25.0 Å². The fourth-order valence-corrected chi connectivity index (χ4v) is 4.83. The molecule has 0 aliphatic carbocycles. The van der Waals surface area contributed by atoms with Crippen LogP contribution in [-0.2, 0) is 15.3 Å². The highest BCUT2D eigenvalue weighted by Crippen LogP contribution is 2.25. The molecule has 1 atom stereocenters. The molecule has 1 saturated heterocycles. The second-order valence-electron chi connectivity index (χ2n) is 7.86. The van der Waals surface area contributed by atoms with Crippen molar-refractivity contribution >= 4 is 27.3 Å². The Kier molecular flexibility index (Phi) is 4.92. The van der Waals surface area contributed by atoms with Gasteiger partial charge in [0.15, 0.2) is 9.84 Å². The molecule has 1 unspecified atom stereocenters. The summed E-state index contributed by atoms with van der Waals surface area (Å²) in [5.41, 5.74) is 2.29. The lowest BCUT2D eigenvalue weighted by atomic mass is 9.87. The SMILES string of the molecule is CN(c1ccnc(Nc2ccc(C(C)(C)C)cc2)n1)C1CCS(=O)(=O)C1. The van der Waals surface area contributed by atoms with E-state index in [1.807, 2.05) is 24.1 Å². The van der Waals surface area contributed by atoms with Crippen LogP contribution in [0, 0.1) is 0 Å². The average molecular weight is 375 g/mol. The highest BCUT2D eigenvalue weighted by Gasteiger charge is 2.31. The van der Waals surface area contributed by atoms with Crippen LogP contribution in [0.3, 0.4) is 0 Å². The molecule has 1 N–H and O–H groups in total. The predicted molar refractivity (Wildman–Crippen MR) is 106 cm³/mol. The van der Waals surface area contributed by atoms with Gasteiger partial charge in [-0.1, -0.05) is 32.9 Å². The molecule has 0 bridgehead atoms. The predicted octanol–water partition coefficient (Wildman–Crippen LogP) is 3.14. The summed E-state index contributed by atoms with van der Waals surface area (Å²) in [4.78, 5) is 10.7. The van der Waals surface area contributed by atoms with Crippen LogP contribution in [0.5, 0.6) is 0 Å². The lowest BCUT2D eigenvalue weighted by Crippen LogP contribution is -2.33. The van der Waals surface area contributed by atoms with E-state index in [4.69, 9.17) is 0 Å². The van der Waals surface area contributed by atoms with E-state index in [0.717, 1.165) is 11.5 Å². The summed E-state index contributed by atoms with van der Waals surface area (Å²) < 4.78 is 23.4. The molecule has 0 radical (unpaired) electrons. The third kappa shape index (κ3) is 4.33. The third-order valence-corrected chi connectivity index (χ3v) is 6.52. The number of hydrogen-bond donors (Lipinski definition) is 1. The Bertz CT molecular complexity index is 873. The molecule has 1 aromatic heterocycles. The Hall–Kier alpha value is -2.15. The average Bonchev–Trinajstić information content (AvgIpc) is 2.94. The Labute approximate surface area is 155 Å².